The summed E-state index contributed by atoms with van der Waals surface area (Å²) >= 11 is 0. The molecule has 70 valence electrons. The minimum atomic E-state index is -1.85. The molecular formula is C8H12LiNaO4. The summed E-state index contributed by atoms with van der Waals surface area (Å²) in [6, 6.07) is 0. The molecule has 14 heavy (non-hydrogen) atoms. The fraction of sp³-hybridized carbons (Fsp3) is 0.750. The Morgan fingerprint density at radius 3 is 1.50 bits per heavy atom. The number of hydrogen-bond acceptors (Lipinski definition) is 4. The van der Waals surface area contributed by atoms with Crippen molar-refractivity contribution in [3.8, 4) is 0 Å². The zero-order valence-electron chi connectivity index (χ0n) is 9.42. The monoisotopic (exact) mass is 202 g/mol. The van der Waals surface area contributed by atoms with Crippen LogP contribution in [0.3, 0.4) is 0 Å². The van der Waals surface area contributed by atoms with E-state index >= 15 is 0 Å². The van der Waals surface area contributed by atoms with Crippen molar-refractivity contribution in [1.82, 2.24) is 0 Å². The van der Waals surface area contributed by atoms with Gasteiger partial charge in [0.2, 0.25) is 0 Å². The quantitative estimate of drug-likeness (QED) is 0.335. The summed E-state index contributed by atoms with van der Waals surface area (Å²) < 4.78 is 0. The summed E-state index contributed by atoms with van der Waals surface area (Å²) in [4.78, 5) is 21.2. The topological polar surface area (TPSA) is 80.3 Å². The average Bonchev–Trinajstić information content (AvgIpc) is 1.86. The van der Waals surface area contributed by atoms with Crippen LogP contribution in [0.5, 0.6) is 0 Å². The van der Waals surface area contributed by atoms with Gasteiger partial charge in [0.25, 0.3) is 0 Å². The summed E-state index contributed by atoms with van der Waals surface area (Å²) in [6.45, 7) is 4.54. The Morgan fingerprint density at radius 2 is 1.50 bits per heavy atom. The van der Waals surface area contributed by atoms with Gasteiger partial charge in [0, 0.05) is 0 Å². The Morgan fingerprint density at radius 1 is 1.21 bits per heavy atom. The molecule has 0 heterocycles. The van der Waals surface area contributed by atoms with Gasteiger partial charge in [0.1, 0.15) is 0 Å². The van der Waals surface area contributed by atoms with Crippen LogP contribution in [0.1, 0.15) is 27.2 Å². The molecule has 0 aromatic rings. The second-order valence-corrected chi connectivity index (χ2v) is 3.05. The van der Waals surface area contributed by atoms with E-state index in [1.807, 2.05) is 0 Å². The zero-order chi connectivity index (χ0) is 9.94. The molecule has 4 nitrogen and oxygen atoms in total. The molecule has 0 fully saturated rings. The summed E-state index contributed by atoms with van der Waals surface area (Å²) in [5, 5.41) is 21.2. The molecule has 0 aromatic carbocycles. The Bertz CT molecular complexity index is 192. The summed E-state index contributed by atoms with van der Waals surface area (Å²) in [5.41, 5.74) is -1.85. The van der Waals surface area contributed by atoms with Crippen molar-refractivity contribution in [2.75, 3.05) is 0 Å². The molecule has 0 saturated heterocycles. The van der Waals surface area contributed by atoms with Crippen molar-refractivity contribution in [2.45, 2.75) is 27.2 Å². The molecule has 0 amide bonds. The number of carboxylic acids is 2. The molecule has 0 atom stereocenters. The van der Waals surface area contributed by atoms with Crippen molar-refractivity contribution in [1.29, 1.82) is 0 Å². The smallest absolute Gasteiger partial charge is 0.549 e. The number of carboxylic acid groups (broad SMARTS) is 2. The molecule has 0 aliphatic heterocycles. The third-order valence-electron chi connectivity index (χ3n) is 2.27. The molecule has 0 saturated carbocycles. The molecule has 0 radical (unpaired) electrons. The normalized spacial score (nSPS) is 10.0. The maximum absolute atomic E-state index is 10.6. The molecule has 6 heteroatoms. The summed E-state index contributed by atoms with van der Waals surface area (Å²) in [7, 11) is 0. The Hall–Kier alpha value is 0.537. The molecule has 0 aliphatic rings. The standard InChI is InChI=1S/C8H14O4.Li.Na/c1-4-8(5(2)3,6(9)10)7(11)12;;/h5H,4H2,1-3H3,(H,9,10)(H,11,12);;/q;2*+1/p-2. The van der Waals surface area contributed by atoms with Crippen LogP contribution in [-0.2, 0) is 9.59 Å². The van der Waals surface area contributed by atoms with Gasteiger partial charge in [0.15, 0.2) is 0 Å². The van der Waals surface area contributed by atoms with Gasteiger partial charge in [-0.2, -0.15) is 0 Å². The molecule has 0 spiro atoms. The predicted octanol–water partition coefficient (Wildman–Crippen LogP) is -7.45. The van der Waals surface area contributed by atoms with E-state index in [-0.39, 0.29) is 54.8 Å². The zero-order valence-corrected chi connectivity index (χ0v) is 11.4. The molecule has 0 aliphatic carbocycles. The van der Waals surface area contributed by atoms with E-state index in [4.69, 9.17) is 0 Å². The number of rotatable bonds is 4. The van der Waals surface area contributed by atoms with Crippen molar-refractivity contribution in [2.24, 2.45) is 11.3 Å². The van der Waals surface area contributed by atoms with Crippen LogP contribution in [0.4, 0.5) is 0 Å². The molecule has 0 N–H and O–H groups in total. The Balaban J connectivity index is -0.000000605. The Kier molecular flexibility index (Phi) is 11.1. The first kappa shape index (κ1) is 20.0. The minimum Gasteiger partial charge on any atom is -0.549 e. The third-order valence-corrected chi connectivity index (χ3v) is 2.27. The van der Waals surface area contributed by atoms with Crippen molar-refractivity contribution in [3.63, 3.8) is 0 Å². The van der Waals surface area contributed by atoms with Gasteiger partial charge >= 0.3 is 48.4 Å². The van der Waals surface area contributed by atoms with Gasteiger partial charge in [-0.15, -0.1) is 0 Å². The summed E-state index contributed by atoms with van der Waals surface area (Å²) in [5.74, 6) is -3.67. The van der Waals surface area contributed by atoms with Crippen LogP contribution >= 0.6 is 0 Å². The summed E-state index contributed by atoms with van der Waals surface area (Å²) in [6.07, 6.45) is -0.0185. The SMILES string of the molecule is CCC(C(=O)[O-])(C(=O)[O-])C(C)C.[Li+].[Na+]. The predicted molar refractivity (Wildman–Crippen MR) is 37.6 cm³/mol. The molecule has 0 aromatic heterocycles. The first-order valence-corrected chi connectivity index (χ1v) is 3.82. The van der Waals surface area contributed by atoms with Crippen molar-refractivity contribution in [3.05, 3.63) is 0 Å². The van der Waals surface area contributed by atoms with E-state index in [1.165, 1.54) is 20.8 Å². The third kappa shape index (κ3) is 3.60. The van der Waals surface area contributed by atoms with Gasteiger partial charge in [-0.25, -0.2) is 0 Å². The molecule has 0 rings (SSSR count). The number of carbonyl (C=O) groups excluding carboxylic acids is 2. The van der Waals surface area contributed by atoms with Crippen LogP contribution in [0.2, 0.25) is 0 Å². The molecule has 0 bridgehead atoms. The van der Waals surface area contributed by atoms with E-state index in [2.05, 4.69) is 0 Å². The average molecular weight is 202 g/mol. The van der Waals surface area contributed by atoms with Crippen LogP contribution in [0.25, 0.3) is 0 Å². The van der Waals surface area contributed by atoms with Crippen LogP contribution in [-0.4, -0.2) is 11.9 Å². The number of carbonyl (C=O) groups is 2. The number of hydrogen-bond donors (Lipinski definition) is 0. The second kappa shape index (κ2) is 7.78. The molecule has 0 unspecified atom stereocenters. The first-order valence-electron chi connectivity index (χ1n) is 3.82. The van der Waals surface area contributed by atoms with Gasteiger partial charge in [-0.05, 0) is 12.3 Å². The largest absolute Gasteiger partial charge is 1.00 e. The van der Waals surface area contributed by atoms with Crippen LogP contribution in [0, 0.1) is 11.3 Å². The maximum Gasteiger partial charge on any atom is 1.00 e. The van der Waals surface area contributed by atoms with Crippen molar-refractivity contribution >= 4 is 11.9 Å². The van der Waals surface area contributed by atoms with Gasteiger partial charge in [0.05, 0.1) is 17.4 Å². The van der Waals surface area contributed by atoms with Crippen LogP contribution in [0.15, 0.2) is 0 Å². The van der Waals surface area contributed by atoms with E-state index < -0.39 is 23.3 Å². The van der Waals surface area contributed by atoms with Crippen molar-refractivity contribution < 1.29 is 68.2 Å². The second-order valence-electron chi connectivity index (χ2n) is 3.05. The van der Waals surface area contributed by atoms with E-state index in [9.17, 15) is 19.8 Å². The number of aliphatic carboxylic acids is 2. The van der Waals surface area contributed by atoms with E-state index in [0.717, 1.165) is 0 Å². The van der Waals surface area contributed by atoms with E-state index in [1.54, 1.807) is 0 Å². The maximum atomic E-state index is 10.6. The fourth-order valence-corrected chi connectivity index (χ4v) is 1.25. The van der Waals surface area contributed by atoms with Crippen LogP contribution < -0.4 is 58.6 Å². The minimum absolute atomic E-state index is 0. The Labute approximate surface area is 118 Å². The van der Waals surface area contributed by atoms with Gasteiger partial charge in [-0.3, -0.25) is 0 Å². The van der Waals surface area contributed by atoms with Gasteiger partial charge < -0.3 is 19.8 Å². The fourth-order valence-electron chi connectivity index (χ4n) is 1.25. The first-order chi connectivity index (χ1) is 5.39. The molecular weight excluding hydrogens is 190 g/mol. The van der Waals surface area contributed by atoms with Gasteiger partial charge in [-0.1, -0.05) is 20.8 Å². The van der Waals surface area contributed by atoms with E-state index in [0.29, 0.717) is 0 Å².